The lowest BCUT2D eigenvalue weighted by Gasteiger charge is -2.00. The molecule has 5 nitrogen and oxygen atoms in total. The first-order chi connectivity index (χ1) is 10.1. The smallest absolute Gasteiger partial charge is 0.296 e. The van der Waals surface area contributed by atoms with Gasteiger partial charge < -0.3 is 4.52 Å². The Hall–Kier alpha value is -2.70. The van der Waals surface area contributed by atoms with E-state index in [1.54, 1.807) is 6.20 Å². The number of pyridine rings is 1. The molecular weight excluding hydrogens is 280 g/mol. The molecule has 0 fully saturated rings. The van der Waals surface area contributed by atoms with Crippen molar-refractivity contribution in [3.8, 4) is 11.5 Å². The number of hydrogen-bond acceptors (Lipinski definition) is 5. The Bertz CT molecular complexity index is 796. The highest BCUT2D eigenvalue weighted by molar-refractivity contribution is 5.92. The number of nitrogens with zero attached hydrogens (tertiary/aromatic N) is 3. The van der Waals surface area contributed by atoms with Gasteiger partial charge >= 0.3 is 0 Å². The van der Waals surface area contributed by atoms with Gasteiger partial charge in [0.2, 0.25) is 17.5 Å². The zero-order valence-electron chi connectivity index (χ0n) is 10.7. The second kappa shape index (κ2) is 5.35. The number of hydrogen-bond donors (Lipinski definition) is 0. The maximum atomic E-state index is 12.2. The van der Waals surface area contributed by atoms with Gasteiger partial charge in [-0.2, -0.15) is 4.98 Å². The number of carbonyl (C=O) groups excluding carboxylic acids is 1. The maximum Gasteiger partial charge on any atom is 0.296 e. The lowest BCUT2D eigenvalue weighted by Crippen LogP contribution is -2.12. The highest BCUT2D eigenvalue weighted by Gasteiger charge is 2.20. The molecule has 0 atom stereocenters. The number of aromatic nitrogens is 3. The minimum atomic E-state index is -3.05. The second-order valence-corrected chi connectivity index (χ2v) is 4.34. The highest BCUT2D eigenvalue weighted by atomic mass is 19.3. The van der Waals surface area contributed by atoms with E-state index in [0.29, 0.717) is 5.69 Å². The number of benzene rings is 1. The van der Waals surface area contributed by atoms with Crippen molar-refractivity contribution in [2.24, 2.45) is 0 Å². The van der Waals surface area contributed by atoms with Crippen molar-refractivity contribution in [1.82, 2.24) is 15.1 Å². The van der Waals surface area contributed by atoms with Crippen LogP contribution in [0.3, 0.4) is 0 Å². The van der Waals surface area contributed by atoms with Gasteiger partial charge in [0.25, 0.3) is 6.43 Å². The Morgan fingerprint density at radius 3 is 2.86 bits per heavy atom. The van der Waals surface area contributed by atoms with Gasteiger partial charge in [0.15, 0.2) is 0 Å². The third-order valence-electron chi connectivity index (χ3n) is 2.92. The Kier molecular flexibility index (Phi) is 3.39. The SMILES string of the molecule is O=C(Cc1nc(-c2nccc3ccccc23)no1)C(F)F. The molecule has 3 rings (SSSR count). The zero-order chi connectivity index (χ0) is 14.8. The normalized spacial score (nSPS) is 11.2. The van der Waals surface area contributed by atoms with Gasteiger partial charge in [0, 0.05) is 11.6 Å². The summed E-state index contributed by atoms with van der Waals surface area (Å²) in [4.78, 5) is 19.1. The van der Waals surface area contributed by atoms with Gasteiger partial charge in [0.05, 0.1) is 6.42 Å². The van der Waals surface area contributed by atoms with Crippen molar-refractivity contribution < 1.29 is 18.1 Å². The van der Waals surface area contributed by atoms with E-state index in [2.05, 4.69) is 15.1 Å². The monoisotopic (exact) mass is 289 g/mol. The van der Waals surface area contributed by atoms with Crippen molar-refractivity contribution in [3.05, 3.63) is 42.4 Å². The third kappa shape index (κ3) is 2.62. The fraction of sp³-hybridized carbons (Fsp3) is 0.143. The molecule has 0 aliphatic heterocycles. The van der Waals surface area contributed by atoms with E-state index < -0.39 is 18.6 Å². The standard InChI is InChI=1S/C14H9F2N3O2/c15-13(16)10(20)7-11-18-14(19-21-11)12-9-4-2-1-3-8(9)5-6-17-12/h1-6,13H,7H2. The van der Waals surface area contributed by atoms with Gasteiger partial charge in [0.1, 0.15) is 5.69 Å². The number of ketones is 1. The summed E-state index contributed by atoms with van der Waals surface area (Å²) in [5.74, 6) is -1.23. The first-order valence-corrected chi connectivity index (χ1v) is 6.13. The van der Waals surface area contributed by atoms with Crippen molar-refractivity contribution in [2.75, 3.05) is 0 Å². The molecule has 2 aromatic heterocycles. The Labute approximate surface area is 117 Å². The van der Waals surface area contributed by atoms with E-state index in [9.17, 15) is 13.6 Å². The molecule has 0 spiro atoms. The number of carbonyl (C=O) groups is 1. The van der Waals surface area contributed by atoms with Crippen LogP contribution in [-0.4, -0.2) is 27.3 Å². The Balaban J connectivity index is 1.97. The molecule has 0 aliphatic rings. The minimum Gasteiger partial charge on any atom is -0.338 e. The Morgan fingerprint density at radius 1 is 1.24 bits per heavy atom. The molecule has 1 aromatic carbocycles. The molecule has 3 aromatic rings. The third-order valence-corrected chi connectivity index (χ3v) is 2.92. The minimum absolute atomic E-state index is 0.148. The van der Waals surface area contributed by atoms with Gasteiger partial charge in [-0.25, -0.2) is 8.78 Å². The summed E-state index contributed by atoms with van der Waals surface area (Å²) in [7, 11) is 0. The van der Waals surface area contributed by atoms with Gasteiger partial charge in [-0.15, -0.1) is 0 Å². The lowest BCUT2D eigenvalue weighted by molar-refractivity contribution is -0.129. The van der Waals surface area contributed by atoms with Crippen LogP contribution in [-0.2, 0) is 11.2 Å². The molecule has 0 unspecified atom stereocenters. The molecule has 0 amide bonds. The van der Waals surface area contributed by atoms with Crippen LogP contribution in [0.4, 0.5) is 8.78 Å². The van der Waals surface area contributed by atoms with Crippen LogP contribution < -0.4 is 0 Å². The van der Waals surface area contributed by atoms with Crippen LogP contribution >= 0.6 is 0 Å². The van der Waals surface area contributed by atoms with Crippen LogP contribution in [0.5, 0.6) is 0 Å². The molecular formula is C14H9F2N3O2. The number of rotatable bonds is 4. The molecule has 0 aliphatic carbocycles. The van der Waals surface area contributed by atoms with Crippen molar-refractivity contribution in [3.63, 3.8) is 0 Å². The Morgan fingerprint density at radius 2 is 2.05 bits per heavy atom. The topological polar surface area (TPSA) is 68.9 Å². The first-order valence-electron chi connectivity index (χ1n) is 6.13. The lowest BCUT2D eigenvalue weighted by atomic mass is 10.1. The molecule has 21 heavy (non-hydrogen) atoms. The summed E-state index contributed by atoms with van der Waals surface area (Å²) in [5.41, 5.74) is 0.479. The number of Topliss-reactive ketones (excluding diaryl/α,β-unsaturated/α-hetero) is 1. The average molecular weight is 289 g/mol. The van der Waals surface area contributed by atoms with E-state index in [4.69, 9.17) is 4.52 Å². The molecule has 0 N–H and O–H groups in total. The molecule has 0 radical (unpaired) electrons. The summed E-state index contributed by atoms with van der Waals surface area (Å²) in [6, 6.07) is 9.31. The predicted octanol–water partition coefficient (Wildman–Crippen LogP) is 2.66. The van der Waals surface area contributed by atoms with Crippen LogP contribution in [0.1, 0.15) is 5.89 Å². The second-order valence-electron chi connectivity index (χ2n) is 4.34. The maximum absolute atomic E-state index is 12.2. The van der Waals surface area contributed by atoms with Gasteiger partial charge in [-0.1, -0.05) is 29.4 Å². The summed E-state index contributed by atoms with van der Waals surface area (Å²) < 4.78 is 29.2. The highest BCUT2D eigenvalue weighted by Crippen LogP contribution is 2.24. The zero-order valence-corrected chi connectivity index (χ0v) is 10.7. The molecule has 106 valence electrons. The van der Waals surface area contributed by atoms with Crippen LogP contribution in [0.15, 0.2) is 41.1 Å². The molecule has 7 heteroatoms. The fourth-order valence-electron chi connectivity index (χ4n) is 1.95. The predicted molar refractivity (Wildman–Crippen MR) is 69.8 cm³/mol. The van der Waals surface area contributed by atoms with E-state index in [-0.39, 0.29) is 11.7 Å². The fourth-order valence-corrected chi connectivity index (χ4v) is 1.95. The number of fused-ring (bicyclic) bond motifs is 1. The molecule has 0 saturated heterocycles. The summed E-state index contributed by atoms with van der Waals surface area (Å²) in [5, 5.41) is 5.46. The molecule has 0 bridgehead atoms. The summed E-state index contributed by atoms with van der Waals surface area (Å²) in [6.07, 6.45) is -2.04. The van der Waals surface area contributed by atoms with E-state index >= 15 is 0 Å². The summed E-state index contributed by atoms with van der Waals surface area (Å²) >= 11 is 0. The number of alkyl halides is 2. The van der Waals surface area contributed by atoms with Crippen LogP contribution in [0, 0.1) is 0 Å². The first kappa shape index (κ1) is 13.3. The largest absolute Gasteiger partial charge is 0.338 e. The van der Waals surface area contributed by atoms with E-state index in [1.165, 1.54) is 0 Å². The van der Waals surface area contributed by atoms with Crippen molar-refractivity contribution >= 4 is 16.6 Å². The average Bonchev–Trinajstić information content (AvgIpc) is 2.95. The van der Waals surface area contributed by atoms with Crippen LogP contribution in [0.25, 0.3) is 22.3 Å². The molecule has 2 heterocycles. The van der Waals surface area contributed by atoms with E-state index in [1.807, 2.05) is 30.3 Å². The molecule has 0 saturated carbocycles. The summed E-state index contributed by atoms with van der Waals surface area (Å²) in [6.45, 7) is 0. The van der Waals surface area contributed by atoms with Crippen molar-refractivity contribution in [1.29, 1.82) is 0 Å². The van der Waals surface area contributed by atoms with Gasteiger partial charge in [-0.3, -0.25) is 9.78 Å². The number of halogens is 2. The van der Waals surface area contributed by atoms with Crippen molar-refractivity contribution in [2.45, 2.75) is 12.8 Å². The van der Waals surface area contributed by atoms with Gasteiger partial charge in [-0.05, 0) is 11.5 Å². The quantitative estimate of drug-likeness (QED) is 0.738. The van der Waals surface area contributed by atoms with E-state index in [0.717, 1.165) is 10.8 Å². The van der Waals surface area contributed by atoms with Crippen LogP contribution in [0.2, 0.25) is 0 Å².